The Bertz CT molecular complexity index is 1120. The Balaban J connectivity index is 1.39. The summed E-state index contributed by atoms with van der Waals surface area (Å²) in [6.45, 7) is 0. The molecule has 0 saturated heterocycles. The second-order valence-electron chi connectivity index (χ2n) is 6.71. The number of benzene rings is 2. The number of aryl methyl sites for hydroxylation is 2. The SMILES string of the molecule is COc1ccc2sc(Nc3nc(-c4ccc5c(c4)CCCC5)cs3)nc2c1. The molecule has 5 rings (SSSR count). The van der Waals surface area contributed by atoms with Crippen LogP contribution < -0.4 is 10.1 Å². The van der Waals surface area contributed by atoms with E-state index in [-0.39, 0.29) is 0 Å². The Labute approximate surface area is 165 Å². The zero-order valence-electron chi connectivity index (χ0n) is 15.0. The third-order valence-electron chi connectivity index (χ3n) is 4.96. The maximum Gasteiger partial charge on any atom is 0.190 e. The quantitative estimate of drug-likeness (QED) is 0.458. The molecule has 6 heteroatoms. The fraction of sp³-hybridized carbons (Fsp3) is 0.238. The summed E-state index contributed by atoms with van der Waals surface area (Å²) >= 11 is 3.24. The highest BCUT2D eigenvalue weighted by Gasteiger charge is 2.13. The van der Waals surface area contributed by atoms with Crippen molar-refractivity contribution < 1.29 is 4.74 Å². The second-order valence-corrected chi connectivity index (χ2v) is 8.59. The standard InChI is InChI=1S/C21H19N3OS2/c1-25-16-8-9-19-17(11-16)22-21(27-19)24-20-23-18(12-26-20)15-7-6-13-4-2-3-5-14(13)10-15/h6-12H,2-5H2,1H3,(H,22,23,24). The topological polar surface area (TPSA) is 47.0 Å². The van der Waals surface area contributed by atoms with E-state index in [1.54, 1.807) is 29.8 Å². The lowest BCUT2D eigenvalue weighted by atomic mass is 9.90. The summed E-state index contributed by atoms with van der Waals surface area (Å²) in [7, 11) is 1.67. The Hall–Kier alpha value is -2.44. The summed E-state index contributed by atoms with van der Waals surface area (Å²) in [6.07, 6.45) is 5.00. The lowest BCUT2D eigenvalue weighted by Gasteiger charge is -2.16. The van der Waals surface area contributed by atoms with Crippen molar-refractivity contribution in [2.45, 2.75) is 25.7 Å². The molecule has 0 aliphatic heterocycles. The molecular weight excluding hydrogens is 374 g/mol. The molecule has 0 bridgehead atoms. The molecule has 1 aliphatic rings. The molecule has 2 aromatic heterocycles. The molecule has 4 nitrogen and oxygen atoms in total. The maximum atomic E-state index is 5.28. The number of fused-ring (bicyclic) bond motifs is 2. The van der Waals surface area contributed by atoms with E-state index in [0.29, 0.717) is 0 Å². The number of methoxy groups -OCH3 is 1. The summed E-state index contributed by atoms with van der Waals surface area (Å²) in [4.78, 5) is 9.43. The monoisotopic (exact) mass is 393 g/mol. The Kier molecular flexibility index (Phi) is 4.30. The summed E-state index contributed by atoms with van der Waals surface area (Å²) < 4.78 is 6.40. The first kappa shape index (κ1) is 16.7. The maximum absolute atomic E-state index is 5.28. The molecule has 0 amide bonds. The number of thiazole rings is 2. The molecule has 0 spiro atoms. The van der Waals surface area contributed by atoms with Crippen LogP contribution in [0.25, 0.3) is 21.5 Å². The van der Waals surface area contributed by atoms with Crippen LogP contribution in [0, 0.1) is 0 Å². The second kappa shape index (κ2) is 6.94. The van der Waals surface area contributed by atoms with Gasteiger partial charge in [-0.05, 0) is 55.0 Å². The van der Waals surface area contributed by atoms with Gasteiger partial charge in [-0.1, -0.05) is 23.5 Å². The third-order valence-corrected chi connectivity index (χ3v) is 6.67. The molecule has 4 aromatic rings. The highest BCUT2D eigenvalue weighted by molar-refractivity contribution is 7.22. The van der Waals surface area contributed by atoms with Crippen LogP contribution in [-0.2, 0) is 12.8 Å². The van der Waals surface area contributed by atoms with Crippen molar-refractivity contribution >= 4 is 43.2 Å². The first-order chi connectivity index (χ1) is 13.3. The molecule has 2 heterocycles. The van der Waals surface area contributed by atoms with Crippen molar-refractivity contribution in [2.75, 3.05) is 12.4 Å². The van der Waals surface area contributed by atoms with E-state index in [2.05, 4.69) is 33.9 Å². The Morgan fingerprint density at radius 3 is 2.74 bits per heavy atom. The number of nitrogens with zero attached hydrogens (tertiary/aromatic N) is 2. The highest BCUT2D eigenvalue weighted by atomic mass is 32.1. The summed E-state index contributed by atoms with van der Waals surface area (Å²) in [5.41, 5.74) is 6.16. The van der Waals surface area contributed by atoms with E-state index in [9.17, 15) is 0 Å². The Morgan fingerprint density at radius 2 is 1.85 bits per heavy atom. The van der Waals surface area contributed by atoms with Crippen LogP contribution in [0.4, 0.5) is 10.3 Å². The molecule has 0 fully saturated rings. The molecule has 27 heavy (non-hydrogen) atoms. The first-order valence-corrected chi connectivity index (χ1v) is 10.8. The van der Waals surface area contributed by atoms with E-state index in [1.807, 2.05) is 18.2 Å². The Morgan fingerprint density at radius 1 is 0.963 bits per heavy atom. The fourth-order valence-corrected chi connectivity index (χ4v) is 5.16. The normalized spacial score (nSPS) is 13.5. The number of anilines is 2. The molecule has 1 aliphatic carbocycles. The first-order valence-electron chi connectivity index (χ1n) is 9.08. The number of hydrogen-bond donors (Lipinski definition) is 1. The van der Waals surface area contributed by atoms with Gasteiger partial charge < -0.3 is 10.1 Å². The highest BCUT2D eigenvalue weighted by Crippen LogP contribution is 2.33. The minimum Gasteiger partial charge on any atom is -0.497 e. The summed E-state index contributed by atoms with van der Waals surface area (Å²) in [5.74, 6) is 0.822. The van der Waals surface area contributed by atoms with Gasteiger partial charge in [0.1, 0.15) is 5.75 Å². The molecule has 1 N–H and O–H groups in total. The number of rotatable bonds is 4. The minimum atomic E-state index is 0.822. The van der Waals surface area contributed by atoms with Crippen LogP contribution in [0.3, 0.4) is 0 Å². The van der Waals surface area contributed by atoms with E-state index in [1.165, 1.54) is 42.4 Å². The predicted octanol–water partition coefficient (Wildman–Crippen LogP) is 6.05. The van der Waals surface area contributed by atoms with E-state index in [0.717, 1.165) is 31.9 Å². The zero-order chi connectivity index (χ0) is 18.2. The van der Waals surface area contributed by atoms with E-state index < -0.39 is 0 Å². The van der Waals surface area contributed by atoms with Gasteiger partial charge in [-0.15, -0.1) is 11.3 Å². The molecule has 0 unspecified atom stereocenters. The minimum absolute atomic E-state index is 0.822. The van der Waals surface area contributed by atoms with Gasteiger partial charge in [0, 0.05) is 17.0 Å². The average molecular weight is 394 g/mol. The number of ether oxygens (including phenoxy) is 1. The lowest BCUT2D eigenvalue weighted by Crippen LogP contribution is -2.02. The van der Waals surface area contributed by atoms with Crippen LogP contribution in [0.15, 0.2) is 41.8 Å². The summed E-state index contributed by atoms with van der Waals surface area (Å²) in [6, 6.07) is 12.7. The van der Waals surface area contributed by atoms with Gasteiger partial charge in [-0.25, -0.2) is 9.97 Å². The van der Waals surface area contributed by atoms with Crippen LogP contribution in [0.5, 0.6) is 5.75 Å². The number of nitrogens with one attached hydrogen (secondary N) is 1. The molecule has 0 saturated carbocycles. The largest absolute Gasteiger partial charge is 0.497 e. The van der Waals surface area contributed by atoms with Gasteiger partial charge in [-0.3, -0.25) is 0 Å². The van der Waals surface area contributed by atoms with E-state index >= 15 is 0 Å². The van der Waals surface area contributed by atoms with Crippen LogP contribution >= 0.6 is 22.7 Å². The van der Waals surface area contributed by atoms with Gasteiger partial charge in [0.2, 0.25) is 0 Å². The molecular formula is C21H19N3OS2. The lowest BCUT2D eigenvalue weighted by molar-refractivity contribution is 0.415. The van der Waals surface area contributed by atoms with Crippen LogP contribution in [0.1, 0.15) is 24.0 Å². The molecule has 0 radical (unpaired) electrons. The smallest absolute Gasteiger partial charge is 0.190 e. The van der Waals surface area contributed by atoms with E-state index in [4.69, 9.17) is 9.72 Å². The van der Waals surface area contributed by atoms with Crippen molar-refractivity contribution in [1.29, 1.82) is 0 Å². The number of aromatic nitrogens is 2. The van der Waals surface area contributed by atoms with Crippen molar-refractivity contribution in [3.8, 4) is 17.0 Å². The molecule has 136 valence electrons. The van der Waals surface area contributed by atoms with Gasteiger partial charge in [0.05, 0.1) is 23.0 Å². The van der Waals surface area contributed by atoms with Crippen LogP contribution in [-0.4, -0.2) is 17.1 Å². The third kappa shape index (κ3) is 3.31. The van der Waals surface area contributed by atoms with Crippen molar-refractivity contribution in [2.24, 2.45) is 0 Å². The zero-order valence-corrected chi connectivity index (χ0v) is 16.6. The van der Waals surface area contributed by atoms with Gasteiger partial charge in [0.25, 0.3) is 0 Å². The summed E-state index contributed by atoms with van der Waals surface area (Å²) in [5, 5.41) is 7.19. The predicted molar refractivity (Wildman–Crippen MR) is 114 cm³/mol. The van der Waals surface area contributed by atoms with Gasteiger partial charge in [0.15, 0.2) is 10.3 Å². The molecule has 0 atom stereocenters. The molecule has 2 aromatic carbocycles. The van der Waals surface area contributed by atoms with Crippen molar-refractivity contribution in [1.82, 2.24) is 9.97 Å². The van der Waals surface area contributed by atoms with Crippen molar-refractivity contribution in [3.63, 3.8) is 0 Å². The van der Waals surface area contributed by atoms with Gasteiger partial charge >= 0.3 is 0 Å². The van der Waals surface area contributed by atoms with Gasteiger partial charge in [-0.2, -0.15) is 0 Å². The number of hydrogen-bond acceptors (Lipinski definition) is 6. The van der Waals surface area contributed by atoms with Crippen molar-refractivity contribution in [3.05, 3.63) is 52.9 Å². The van der Waals surface area contributed by atoms with Crippen LogP contribution in [0.2, 0.25) is 0 Å². The average Bonchev–Trinajstić information content (AvgIpc) is 3.33. The fourth-order valence-electron chi connectivity index (χ4n) is 3.54.